The van der Waals surface area contributed by atoms with E-state index in [0.717, 1.165) is 16.7 Å². The van der Waals surface area contributed by atoms with Crippen LogP contribution in [-0.4, -0.2) is 61.6 Å². The van der Waals surface area contributed by atoms with Crippen molar-refractivity contribution in [3.05, 3.63) is 83.4 Å². The largest absolute Gasteiger partial charge is 0.493 e. The maximum atomic E-state index is 13.9. The smallest absolute Gasteiger partial charge is 0.306 e. The van der Waals surface area contributed by atoms with Gasteiger partial charge in [-0.3, -0.25) is 14.4 Å². The highest BCUT2D eigenvalue weighted by Crippen LogP contribution is 2.32. The SMILES string of the molecule is CCOC(=O)CCCOc1cccc(COc2cc(C(=O)N3CCC(F)(F)C3)cc(-c3ccccc3)c2)c1CCC(=O)OCC. The summed E-state index contributed by atoms with van der Waals surface area (Å²) in [7, 11) is 0. The van der Waals surface area contributed by atoms with E-state index in [0.29, 0.717) is 36.5 Å². The fourth-order valence-corrected chi connectivity index (χ4v) is 5.11. The molecule has 1 saturated heterocycles. The monoisotopic (exact) mass is 623 g/mol. The Balaban J connectivity index is 1.57. The number of benzene rings is 3. The van der Waals surface area contributed by atoms with Crippen molar-refractivity contribution in [3.8, 4) is 22.6 Å². The van der Waals surface area contributed by atoms with E-state index in [-0.39, 0.29) is 63.1 Å². The van der Waals surface area contributed by atoms with Crippen LogP contribution in [0.1, 0.15) is 61.0 Å². The van der Waals surface area contributed by atoms with Crippen LogP contribution in [0.3, 0.4) is 0 Å². The summed E-state index contributed by atoms with van der Waals surface area (Å²) >= 11 is 0. The first-order valence-electron chi connectivity index (χ1n) is 15.2. The van der Waals surface area contributed by atoms with Gasteiger partial charge in [-0.1, -0.05) is 42.5 Å². The lowest BCUT2D eigenvalue weighted by Crippen LogP contribution is -2.31. The number of esters is 2. The molecule has 10 heteroatoms. The first kappa shape index (κ1) is 33.4. The molecule has 0 atom stereocenters. The molecule has 240 valence electrons. The number of carbonyl (C=O) groups is 3. The van der Waals surface area contributed by atoms with E-state index in [2.05, 4.69) is 0 Å². The molecule has 3 aromatic carbocycles. The molecule has 0 aliphatic carbocycles. The molecule has 0 unspecified atom stereocenters. The summed E-state index contributed by atoms with van der Waals surface area (Å²) in [6.45, 7) is 3.81. The molecule has 0 N–H and O–H groups in total. The van der Waals surface area contributed by atoms with Gasteiger partial charge in [0.15, 0.2) is 0 Å². The van der Waals surface area contributed by atoms with Gasteiger partial charge in [0.25, 0.3) is 11.8 Å². The van der Waals surface area contributed by atoms with Gasteiger partial charge < -0.3 is 23.8 Å². The zero-order valence-corrected chi connectivity index (χ0v) is 25.7. The lowest BCUT2D eigenvalue weighted by Gasteiger charge is -2.19. The zero-order chi connectivity index (χ0) is 32.2. The fraction of sp³-hybridized carbons (Fsp3) is 0.400. The summed E-state index contributed by atoms with van der Waals surface area (Å²) in [4.78, 5) is 38.4. The minimum Gasteiger partial charge on any atom is -0.493 e. The molecule has 4 rings (SSSR count). The number of ether oxygens (including phenoxy) is 4. The predicted molar refractivity (Wildman–Crippen MR) is 164 cm³/mol. The second kappa shape index (κ2) is 16.0. The molecular formula is C35H39F2NO7. The standard InChI is InChI=1S/C35H39F2NO7/c1-3-42-32(39)14-9-19-44-31-13-8-12-26(30(31)15-16-33(40)43-4-2)23-45-29-21-27(25-10-6-5-7-11-25)20-28(22-29)34(41)38-18-17-35(36,37)24-38/h5-8,10-13,20-22H,3-4,9,14-19,23-24H2,1-2H3. The van der Waals surface area contributed by atoms with Crippen LogP contribution < -0.4 is 9.47 Å². The predicted octanol–water partition coefficient (Wildman–Crippen LogP) is 6.63. The third-order valence-electron chi connectivity index (χ3n) is 7.31. The highest BCUT2D eigenvalue weighted by molar-refractivity contribution is 5.96. The normalized spacial score (nSPS) is 13.7. The summed E-state index contributed by atoms with van der Waals surface area (Å²) in [6.07, 6.45) is 0.789. The summed E-state index contributed by atoms with van der Waals surface area (Å²) in [6, 6.07) is 20.0. The number of hydrogen-bond acceptors (Lipinski definition) is 7. The molecule has 1 aliphatic rings. The number of likely N-dealkylation sites (tertiary alicyclic amines) is 1. The van der Waals surface area contributed by atoms with Crippen molar-refractivity contribution in [2.75, 3.05) is 32.9 Å². The van der Waals surface area contributed by atoms with Gasteiger partial charge in [-0.2, -0.15) is 0 Å². The Bertz CT molecular complexity index is 1460. The zero-order valence-electron chi connectivity index (χ0n) is 25.7. The Labute approximate surface area is 262 Å². The molecule has 0 radical (unpaired) electrons. The molecule has 3 aromatic rings. The third kappa shape index (κ3) is 9.76. The van der Waals surface area contributed by atoms with Crippen molar-refractivity contribution >= 4 is 17.8 Å². The lowest BCUT2D eigenvalue weighted by atomic mass is 10.0. The molecule has 1 aliphatic heterocycles. The van der Waals surface area contributed by atoms with Crippen molar-refractivity contribution in [2.24, 2.45) is 0 Å². The Kier molecular flexibility index (Phi) is 11.9. The summed E-state index contributed by atoms with van der Waals surface area (Å²) < 4.78 is 50.2. The van der Waals surface area contributed by atoms with E-state index < -0.39 is 18.4 Å². The van der Waals surface area contributed by atoms with Crippen LogP contribution in [-0.2, 0) is 32.1 Å². The number of nitrogens with zero attached hydrogens (tertiary/aromatic N) is 1. The van der Waals surface area contributed by atoms with E-state index in [1.165, 1.54) is 4.90 Å². The second-order valence-corrected chi connectivity index (χ2v) is 10.7. The van der Waals surface area contributed by atoms with Crippen LogP contribution >= 0.6 is 0 Å². The first-order valence-corrected chi connectivity index (χ1v) is 15.2. The van der Waals surface area contributed by atoms with E-state index >= 15 is 0 Å². The summed E-state index contributed by atoms with van der Waals surface area (Å²) in [5.74, 6) is -3.07. The Morgan fingerprint density at radius 1 is 0.844 bits per heavy atom. The highest BCUT2D eigenvalue weighted by atomic mass is 19.3. The summed E-state index contributed by atoms with van der Waals surface area (Å²) in [5.41, 5.74) is 3.34. The molecule has 0 bridgehead atoms. The Hall–Kier alpha value is -4.47. The van der Waals surface area contributed by atoms with Crippen LogP contribution in [0.5, 0.6) is 11.5 Å². The van der Waals surface area contributed by atoms with Gasteiger partial charge in [-0.25, -0.2) is 8.78 Å². The molecule has 0 saturated carbocycles. The molecule has 45 heavy (non-hydrogen) atoms. The number of halogens is 2. The van der Waals surface area contributed by atoms with E-state index in [9.17, 15) is 23.2 Å². The molecule has 0 aromatic heterocycles. The van der Waals surface area contributed by atoms with Gasteiger partial charge in [-0.05, 0) is 67.6 Å². The van der Waals surface area contributed by atoms with Crippen molar-refractivity contribution in [1.29, 1.82) is 0 Å². The number of amides is 1. The van der Waals surface area contributed by atoms with E-state index in [1.807, 2.05) is 42.5 Å². The molecule has 1 amide bonds. The molecule has 0 spiro atoms. The number of alkyl halides is 2. The van der Waals surface area contributed by atoms with Gasteiger partial charge in [-0.15, -0.1) is 0 Å². The van der Waals surface area contributed by atoms with Crippen molar-refractivity contribution in [2.45, 2.75) is 58.5 Å². The van der Waals surface area contributed by atoms with Crippen LogP contribution in [0.2, 0.25) is 0 Å². The average molecular weight is 624 g/mol. The fourth-order valence-electron chi connectivity index (χ4n) is 5.11. The Morgan fingerprint density at radius 2 is 1.58 bits per heavy atom. The van der Waals surface area contributed by atoms with Crippen molar-refractivity contribution in [3.63, 3.8) is 0 Å². The minimum atomic E-state index is -2.90. The van der Waals surface area contributed by atoms with E-state index in [4.69, 9.17) is 18.9 Å². The van der Waals surface area contributed by atoms with Gasteiger partial charge in [0.2, 0.25) is 0 Å². The first-order chi connectivity index (χ1) is 21.7. The van der Waals surface area contributed by atoms with Crippen LogP contribution in [0.25, 0.3) is 11.1 Å². The van der Waals surface area contributed by atoms with Gasteiger partial charge in [0.1, 0.15) is 18.1 Å². The third-order valence-corrected chi connectivity index (χ3v) is 7.31. The Morgan fingerprint density at radius 3 is 2.27 bits per heavy atom. The molecule has 1 heterocycles. The van der Waals surface area contributed by atoms with Crippen LogP contribution in [0.15, 0.2) is 66.7 Å². The number of rotatable bonds is 15. The molecular weight excluding hydrogens is 584 g/mol. The molecule has 8 nitrogen and oxygen atoms in total. The van der Waals surface area contributed by atoms with Crippen LogP contribution in [0, 0.1) is 0 Å². The van der Waals surface area contributed by atoms with E-state index in [1.54, 1.807) is 38.1 Å². The van der Waals surface area contributed by atoms with Crippen LogP contribution in [0.4, 0.5) is 8.78 Å². The highest BCUT2D eigenvalue weighted by Gasteiger charge is 2.40. The second-order valence-electron chi connectivity index (χ2n) is 10.7. The topological polar surface area (TPSA) is 91.4 Å². The number of carbonyl (C=O) groups excluding carboxylic acids is 3. The van der Waals surface area contributed by atoms with Gasteiger partial charge in [0.05, 0.1) is 26.4 Å². The minimum absolute atomic E-state index is 0.0198. The summed E-state index contributed by atoms with van der Waals surface area (Å²) in [5, 5.41) is 0. The van der Waals surface area contributed by atoms with Crippen molar-refractivity contribution < 1.29 is 42.1 Å². The molecule has 1 fully saturated rings. The maximum Gasteiger partial charge on any atom is 0.306 e. The lowest BCUT2D eigenvalue weighted by molar-refractivity contribution is -0.144. The quantitative estimate of drug-likeness (QED) is 0.139. The van der Waals surface area contributed by atoms with Gasteiger partial charge in [0, 0.05) is 36.9 Å². The maximum absolute atomic E-state index is 13.9. The number of hydrogen-bond donors (Lipinski definition) is 0. The average Bonchev–Trinajstić information content (AvgIpc) is 3.41. The van der Waals surface area contributed by atoms with Gasteiger partial charge >= 0.3 is 11.9 Å². The van der Waals surface area contributed by atoms with Crippen molar-refractivity contribution in [1.82, 2.24) is 4.90 Å².